The van der Waals surface area contributed by atoms with Gasteiger partial charge in [0.05, 0.1) is 17.5 Å². The molecular formula is C25H31N5O2S. The molecule has 0 aliphatic carbocycles. The Bertz CT molecular complexity index is 1060. The zero-order valence-corrected chi connectivity index (χ0v) is 20.3. The zero-order chi connectivity index (χ0) is 23.2. The summed E-state index contributed by atoms with van der Waals surface area (Å²) in [7, 11) is 4.05. The highest BCUT2D eigenvalue weighted by molar-refractivity contribution is 7.99. The van der Waals surface area contributed by atoms with E-state index in [4.69, 9.17) is 4.74 Å². The lowest BCUT2D eigenvalue weighted by atomic mass is 10.1. The van der Waals surface area contributed by atoms with Crippen LogP contribution in [-0.4, -0.2) is 64.7 Å². The van der Waals surface area contributed by atoms with Crippen LogP contribution in [0, 0.1) is 6.92 Å². The Morgan fingerprint density at radius 2 is 1.97 bits per heavy atom. The minimum Gasteiger partial charge on any atom is -0.378 e. The van der Waals surface area contributed by atoms with E-state index in [9.17, 15) is 4.79 Å². The third-order valence-corrected chi connectivity index (χ3v) is 6.77. The van der Waals surface area contributed by atoms with Gasteiger partial charge in [-0.15, -0.1) is 10.2 Å². The molecule has 1 amide bonds. The predicted molar refractivity (Wildman–Crippen MR) is 132 cm³/mol. The van der Waals surface area contributed by atoms with Crippen molar-refractivity contribution >= 4 is 23.4 Å². The number of benzene rings is 2. The summed E-state index contributed by atoms with van der Waals surface area (Å²) in [5, 5.41) is 9.05. The number of ether oxygens (including phenoxy) is 1. The Morgan fingerprint density at radius 1 is 1.18 bits per heavy atom. The van der Waals surface area contributed by atoms with Gasteiger partial charge in [-0.2, -0.15) is 0 Å². The molecule has 0 spiro atoms. The number of rotatable bonds is 9. The smallest absolute Gasteiger partial charge is 0.233 e. The second-order valence-electron chi connectivity index (χ2n) is 8.53. The fourth-order valence-electron chi connectivity index (χ4n) is 3.95. The summed E-state index contributed by atoms with van der Waals surface area (Å²) in [4.78, 5) is 17.3. The highest BCUT2D eigenvalue weighted by Gasteiger charge is 2.23. The molecule has 0 unspecified atom stereocenters. The Hall–Kier alpha value is -2.84. The third kappa shape index (κ3) is 5.94. The van der Waals surface area contributed by atoms with Crippen LogP contribution in [0.2, 0.25) is 0 Å². The zero-order valence-electron chi connectivity index (χ0n) is 19.5. The van der Waals surface area contributed by atoms with E-state index in [0.29, 0.717) is 24.0 Å². The molecular weight excluding hydrogens is 434 g/mol. The molecule has 0 N–H and O–H groups in total. The van der Waals surface area contributed by atoms with Gasteiger partial charge in [-0.1, -0.05) is 42.1 Å². The van der Waals surface area contributed by atoms with Gasteiger partial charge in [0.25, 0.3) is 0 Å². The number of carbonyl (C=O) groups is 1. The van der Waals surface area contributed by atoms with Gasteiger partial charge < -0.3 is 14.5 Å². The van der Waals surface area contributed by atoms with Crippen molar-refractivity contribution in [3.63, 3.8) is 0 Å². The molecule has 0 saturated carbocycles. The quantitative estimate of drug-likeness (QED) is 0.446. The first-order valence-corrected chi connectivity index (χ1v) is 12.2. The van der Waals surface area contributed by atoms with Crippen molar-refractivity contribution in [2.75, 3.05) is 37.9 Å². The Morgan fingerprint density at radius 3 is 2.67 bits per heavy atom. The number of hydrogen-bond donors (Lipinski definition) is 0. The van der Waals surface area contributed by atoms with Gasteiger partial charge >= 0.3 is 0 Å². The molecule has 174 valence electrons. The number of thioether (sulfide) groups is 1. The van der Waals surface area contributed by atoms with Gasteiger partial charge in [0.2, 0.25) is 5.91 Å². The van der Waals surface area contributed by atoms with Gasteiger partial charge in [-0.3, -0.25) is 9.36 Å². The number of aromatic nitrogens is 3. The number of hydrogen-bond acceptors (Lipinski definition) is 6. The number of amides is 1. The lowest BCUT2D eigenvalue weighted by Gasteiger charge is -2.26. The number of anilines is 1. The van der Waals surface area contributed by atoms with E-state index < -0.39 is 0 Å². The molecule has 0 radical (unpaired) electrons. The van der Waals surface area contributed by atoms with Crippen LogP contribution in [0.3, 0.4) is 0 Å². The highest BCUT2D eigenvalue weighted by Crippen LogP contribution is 2.23. The number of carbonyl (C=O) groups excluding carboxylic acids is 1. The van der Waals surface area contributed by atoms with E-state index in [1.807, 2.05) is 41.8 Å². The van der Waals surface area contributed by atoms with E-state index in [0.717, 1.165) is 42.0 Å². The van der Waals surface area contributed by atoms with E-state index in [-0.39, 0.29) is 12.0 Å². The molecule has 2 heterocycles. The Kier molecular flexibility index (Phi) is 7.67. The minimum absolute atomic E-state index is 0.0755. The molecule has 1 saturated heterocycles. The standard InChI is InChI=1S/C25H31N5O2S/c1-19-7-4-5-9-23(19)30-18-26-27-25(30)33-17-24(31)29(16-22-8-6-14-32-22)15-20-10-12-21(13-11-20)28(2)3/h4-5,7,9-13,18,22H,6,8,14-17H2,1-3H3/t22-/m1/s1. The molecule has 2 aromatic carbocycles. The van der Waals surface area contributed by atoms with E-state index in [1.54, 1.807) is 6.33 Å². The second kappa shape index (κ2) is 10.9. The highest BCUT2D eigenvalue weighted by atomic mass is 32.2. The second-order valence-corrected chi connectivity index (χ2v) is 9.47. The number of aryl methyl sites for hydroxylation is 1. The van der Waals surface area contributed by atoms with Crippen LogP contribution in [0.1, 0.15) is 24.0 Å². The number of nitrogens with zero attached hydrogens (tertiary/aromatic N) is 5. The maximum absolute atomic E-state index is 13.3. The van der Waals surface area contributed by atoms with Crippen LogP contribution in [0.15, 0.2) is 60.0 Å². The minimum atomic E-state index is 0.0755. The van der Waals surface area contributed by atoms with E-state index in [2.05, 4.69) is 52.4 Å². The third-order valence-electron chi connectivity index (χ3n) is 5.84. The van der Waals surface area contributed by atoms with Crippen LogP contribution in [-0.2, 0) is 16.1 Å². The molecule has 33 heavy (non-hydrogen) atoms. The van der Waals surface area contributed by atoms with Crippen LogP contribution < -0.4 is 4.90 Å². The van der Waals surface area contributed by atoms with Crippen molar-refractivity contribution < 1.29 is 9.53 Å². The summed E-state index contributed by atoms with van der Waals surface area (Å²) < 4.78 is 7.77. The first kappa shape index (κ1) is 23.3. The van der Waals surface area contributed by atoms with Gasteiger partial charge in [0, 0.05) is 39.5 Å². The predicted octanol–water partition coefficient (Wildman–Crippen LogP) is 3.94. The first-order chi connectivity index (χ1) is 16.0. The van der Waals surface area contributed by atoms with Crippen molar-refractivity contribution in [3.8, 4) is 5.69 Å². The van der Waals surface area contributed by atoms with Crippen LogP contribution in [0.5, 0.6) is 0 Å². The average Bonchev–Trinajstić information content (AvgIpc) is 3.50. The number of para-hydroxylation sites is 1. The molecule has 0 bridgehead atoms. The lowest BCUT2D eigenvalue weighted by molar-refractivity contribution is -0.130. The SMILES string of the molecule is Cc1ccccc1-n1cnnc1SCC(=O)N(Cc1ccc(N(C)C)cc1)C[C@H]1CCCO1. The van der Waals surface area contributed by atoms with Crippen molar-refractivity contribution in [1.82, 2.24) is 19.7 Å². The molecule has 1 atom stereocenters. The van der Waals surface area contributed by atoms with Gasteiger partial charge in [-0.25, -0.2) is 0 Å². The van der Waals surface area contributed by atoms with Crippen LogP contribution >= 0.6 is 11.8 Å². The monoisotopic (exact) mass is 465 g/mol. The van der Waals surface area contributed by atoms with Gasteiger partial charge in [0.1, 0.15) is 6.33 Å². The summed E-state index contributed by atoms with van der Waals surface area (Å²) in [6.07, 6.45) is 3.86. The summed E-state index contributed by atoms with van der Waals surface area (Å²) in [6, 6.07) is 16.4. The normalized spacial score (nSPS) is 15.5. The molecule has 1 aromatic heterocycles. The summed E-state index contributed by atoms with van der Waals surface area (Å²) in [6.45, 7) is 4.01. The molecule has 1 aliphatic heterocycles. The maximum atomic E-state index is 13.3. The van der Waals surface area contributed by atoms with E-state index >= 15 is 0 Å². The van der Waals surface area contributed by atoms with Gasteiger partial charge in [-0.05, 0) is 49.1 Å². The van der Waals surface area contributed by atoms with Crippen molar-refractivity contribution in [1.29, 1.82) is 0 Å². The first-order valence-electron chi connectivity index (χ1n) is 11.3. The Labute approximate surface area is 199 Å². The Balaban J connectivity index is 1.45. The molecule has 4 rings (SSSR count). The maximum Gasteiger partial charge on any atom is 0.233 e. The fourth-order valence-corrected chi connectivity index (χ4v) is 4.77. The van der Waals surface area contributed by atoms with Crippen molar-refractivity contribution in [2.45, 2.75) is 37.6 Å². The largest absolute Gasteiger partial charge is 0.378 e. The van der Waals surface area contributed by atoms with Crippen molar-refractivity contribution in [2.24, 2.45) is 0 Å². The van der Waals surface area contributed by atoms with Crippen molar-refractivity contribution in [3.05, 3.63) is 66.0 Å². The summed E-state index contributed by atoms with van der Waals surface area (Å²) in [5.41, 5.74) is 4.41. The molecule has 1 aliphatic rings. The summed E-state index contributed by atoms with van der Waals surface area (Å²) >= 11 is 1.42. The molecule has 7 nitrogen and oxygen atoms in total. The molecule has 1 fully saturated rings. The molecule has 8 heteroatoms. The van der Waals surface area contributed by atoms with E-state index in [1.165, 1.54) is 11.8 Å². The van der Waals surface area contributed by atoms with Crippen LogP contribution in [0.25, 0.3) is 5.69 Å². The van der Waals surface area contributed by atoms with Gasteiger partial charge in [0.15, 0.2) is 5.16 Å². The topological polar surface area (TPSA) is 63.5 Å². The molecule has 3 aromatic rings. The lowest BCUT2D eigenvalue weighted by Crippen LogP contribution is -2.38. The van der Waals surface area contributed by atoms with Crippen LogP contribution in [0.4, 0.5) is 5.69 Å². The summed E-state index contributed by atoms with van der Waals surface area (Å²) in [5.74, 6) is 0.374. The fraction of sp³-hybridized carbons (Fsp3) is 0.400. The average molecular weight is 466 g/mol.